The first kappa shape index (κ1) is 14.4. The molecule has 0 aliphatic rings. The standard InChI is InChI=1S/C14H23N3O/c1-3-10-17(11-4-5-14(18)16-2)13-8-6-12(15)7-9-13/h6-9H,3-5,10-11,15H2,1-2H3,(H,16,18). The fourth-order valence-electron chi connectivity index (χ4n) is 1.88. The van der Waals surface area contributed by atoms with Crippen LogP contribution in [0.1, 0.15) is 26.2 Å². The molecule has 0 heterocycles. The second-order valence-corrected chi connectivity index (χ2v) is 4.36. The first-order chi connectivity index (χ1) is 8.67. The zero-order valence-corrected chi connectivity index (χ0v) is 11.3. The number of benzene rings is 1. The van der Waals surface area contributed by atoms with Gasteiger partial charge in [-0.1, -0.05) is 6.92 Å². The largest absolute Gasteiger partial charge is 0.399 e. The Morgan fingerprint density at radius 3 is 2.50 bits per heavy atom. The number of anilines is 2. The minimum atomic E-state index is 0.101. The van der Waals surface area contributed by atoms with Crippen molar-refractivity contribution in [3.05, 3.63) is 24.3 Å². The minimum Gasteiger partial charge on any atom is -0.399 e. The molecule has 0 aliphatic carbocycles. The van der Waals surface area contributed by atoms with E-state index in [4.69, 9.17) is 5.73 Å². The van der Waals surface area contributed by atoms with Gasteiger partial charge in [-0.25, -0.2) is 0 Å². The van der Waals surface area contributed by atoms with Crippen LogP contribution in [-0.2, 0) is 4.79 Å². The van der Waals surface area contributed by atoms with E-state index in [-0.39, 0.29) is 5.91 Å². The molecule has 0 radical (unpaired) electrons. The summed E-state index contributed by atoms with van der Waals surface area (Å²) in [6.07, 6.45) is 2.53. The number of nitrogens with zero attached hydrogens (tertiary/aromatic N) is 1. The van der Waals surface area contributed by atoms with Gasteiger partial charge in [-0.05, 0) is 37.1 Å². The summed E-state index contributed by atoms with van der Waals surface area (Å²) in [7, 11) is 1.67. The molecule has 0 saturated heterocycles. The summed E-state index contributed by atoms with van der Waals surface area (Å²) in [4.78, 5) is 13.5. The quantitative estimate of drug-likeness (QED) is 0.727. The van der Waals surface area contributed by atoms with Crippen molar-refractivity contribution in [3.8, 4) is 0 Å². The molecule has 0 aromatic heterocycles. The van der Waals surface area contributed by atoms with Gasteiger partial charge in [0.15, 0.2) is 0 Å². The summed E-state index contributed by atoms with van der Waals surface area (Å²) in [5, 5.41) is 2.64. The van der Waals surface area contributed by atoms with Gasteiger partial charge in [0.2, 0.25) is 5.91 Å². The van der Waals surface area contributed by atoms with Crippen molar-refractivity contribution in [2.45, 2.75) is 26.2 Å². The second-order valence-electron chi connectivity index (χ2n) is 4.36. The fourth-order valence-corrected chi connectivity index (χ4v) is 1.88. The maximum absolute atomic E-state index is 11.2. The Morgan fingerprint density at radius 1 is 1.28 bits per heavy atom. The number of rotatable bonds is 7. The zero-order valence-electron chi connectivity index (χ0n) is 11.3. The molecule has 100 valence electrons. The number of nitrogens with two attached hydrogens (primary N) is 1. The lowest BCUT2D eigenvalue weighted by atomic mass is 10.2. The van der Waals surface area contributed by atoms with Gasteiger partial charge in [0.25, 0.3) is 0 Å². The first-order valence-corrected chi connectivity index (χ1v) is 6.48. The van der Waals surface area contributed by atoms with E-state index < -0.39 is 0 Å². The van der Waals surface area contributed by atoms with E-state index in [0.29, 0.717) is 6.42 Å². The summed E-state index contributed by atoms with van der Waals surface area (Å²) >= 11 is 0. The molecule has 3 N–H and O–H groups in total. The Balaban J connectivity index is 2.54. The van der Waals surface area contributed by atoms with Crippen molar-refractivity contribution < 1.29 is 4.79 Å². The maximum Gasteiger partial charge on any atom is 0.219 e. The van der Waals surface area contributed by atoms with Crippen LogP contribution in [-0.4, -0.2) is 26.0 Å². The number of carbonyl (C=O) groups excluding carboxylic acids is 1. The maximum atomic E-state index is 11.2. The molecule has 1 amide bonds. The third kappa shape index (κ3) is 4.65. The van der Waals surface area contributed by atoms with Crippen LogP contribution in [0.3, 0.4) is 0 Å². The predicted molar refractivity (Wildman–Crippen MR) is 76.7 cm³/mol. The van der Waals surface area contributed by atoms with E-state index in [1.807, 2.05) is 24.3 Å². The average Bonchev–Trinajstić information content (AvgIpc) is 2.38. The number of carbonyl (C=O) groups is 1. The summed E-state index contributed by atoms with van der Waals surface area (Å²) in [6.45, 7) is 4.05. The summed E-state index contributed by atoms with van der Waals surface area (Å²) in [6, 6.07) is 7.89. The number of nitrogen functional groups attached to an aromatic ring is 1. The molecule has 18 heavy (non-hydrogen) atoms. The lowest BCUT2D eigenvalue weighted by molar-refractivity contribution is -0.120. The molecule has 0 aliphatic heterocycles. The van der Waals surface area contributed by atoms with Crippen LogP contribution in [0.25, 0.3) is 0 Å². The molecule has 0 atom stereocenters. The Kier molecular flexibility index (Phi) is 6.05. The molecule has 0 unspecified atom stereocenters. The zero-order chi connectivity index (χ0) is 13.4. The van der Waals surface area contributed by atoms with E-state index >= 15 is 0 Å². The molecule has 0 bridgehead atoms. The van der Waals surface area contributed by atoms with Crippen molar-refractivity contribution in [3.63, 3.8) is 0 Å². The number of nitrogens with one attached hydrogen (secondary N) is 1. The summed E-state index contributed by atoms with van der Waals surface area (Å²) in [5.74, 6) is 0.101. The van der Waals surface area contributed by atoms with Crippen LogP contribution in [0.5, 0.6) is 0 Å². The van der Waals surface area contributed by atoms with Crippen LogP contribution >= 0.6 is 0 Å². The molecule has 0 fully saturated rings. The lowest BCUT2D eigenvalue weighted by Crippen LogP contribution is -2.27. The normalized spacial score (nSPS) is 10.1. The summed E-state index contributed by atoms with van der Waals surface area (Å²) < 4.78 is 0. The van der Waals surface area contributed by atoms with E-state index in [2.05, 4.69) is 17.1 Å². The highest BCUT2D eigenvalue weighted by molar-refractivity contribution is 5.75. The summed E-state index contributed by atoms with van der Waals surface area (Å²) in [5.41, 5.74) is 7.63. The monoisotopic (exact) mass is 249 g/mol. The van der Waals surface area contributed by atoms with E-state index in [1.54, 1.807) is 7.05 Å². The SMILES string of the molecule is CCCN(CCCC(=O)NC)c1ccc(N)cc1. The van der Waals surface area contributed by atoms with Gasteiger partial charge < -0.3 is 16.0 Å². The van der Waals surface area contributed by atoms with Crippen LogP contribution in [0.4, 0.5) is 11.4 Å². The Morgan fingerprint density at radius 2 is 1.94 bits per heavy atom. The first-order valence-electron chi connectivity index (χ1n) is 6.48. The van der Waals surface area contributed by atoms with Gasteiger partial charge >= 0.3 is 0 Å². The smallest absolute Gasteiger partial charge is 0.219 e. The molecule has 1 rings (SSSR count). The predicted octanol–water partition coefficient (Wildman–Crippen LogP) is 2.01. The van der Waals surface area contributed by atoms with E-state index in [1.165, 1.54) is 5.69 Å². The molecular formula is C14H23N3O. The Labute approximate surface area is 109 Å². The number of hydrogen-bond donors (Lipinski definition) is 2. The minimum absolute atomic E-state index is 0.101. The highest BCUT2D eigenvalue weighted by atomic mass is 16.1. The molecule has 0 saturated carbocycles. The van der Waals surface area contributed by atoms with Crippen LogP contribution < -0.4 is 16.0 Å². The topological polar surface area (TPSA) is 58.4 Å². The molecular weight excluding hydrogens is 226 g/mol. The van der Waals surface area contributed by atoms with E-state index in [0.717, 1.165) is 31.6 Å². The van der Waals surface area contributed by atoms with Gasteiger partial charge in [-0.15, -0.1) is 0 Å². The van der Waals surface area contributed by atoms with Gasteiger partial charge in [0.05, 0.1) is 0 Å². The Hall–Kier alpha value is -1.71. The van der Waals surface area contributed by atoms with E-state index in [9.17, 15) is 4.79 Å². The molecule has 4 heteroatoms. The van der Waals surface area contributed by atoms with Crippen molar-refractivity contribution in [1.29, 1.82) is 0 Å². The Bertz CT molecular complexity index is 362. The average molecular weight is 249 g/mol. The van der Waals surface area contributed by atoms with Crippen LogP contribution in [0.2, 0.25) is 0 Å². The van der Waals surface area contributed by atoms with Gasteiger partial charge in [-0.3, -0.25) is 4.79 Å². The van der Waals surface area contributed by atoms with Crippen LogP contribution in [0.15, 0.2) is 24.3 Å². The molecule has 4 nitrogen and oxygen atoms in total. The number of hydrogen-bond acceptors (Lipinski definition) is 3. The third-order valence-electron chi connectivity index (χ3n) is 2.86. The van der Waals surface area contributed by atoms with Crippen molar-refractivity contribution in [2.75, 3.05) is 30.8 Å². The second kappa shape index (κ2) is 7.58. The molecule has 1 aromatic carbocycles. The fraction of sp³-hybridized carbons (Fsp3) is 0.500. The molecule has 0 spiro atoms. The highest BCUT2D eigenvalue weighted by Crippen LogP contribution is 2.17. The molecule has 1 aromatic rings. The number of amides is 1. The van der Waals surface area contributed by atoms with Gasteiger partial charge in [-0.2, -0.15) is 0 Å². The highest BCUT2D eigenvalue weighted by Gasteiger charge is 2.06. The van der Waals surface area contributed by atoms with Gasteiger partial charge in [0, 0.05) is 37.9 Å². The van der Waals surface area contributed by atoms with Crippen molar-refractivity contribution in [2.24, 2.45) is 0 Å². The lowest BCUT2D eigenvalue weighted by Gasteiger charge is -2.24. The van der Waals surface area contributed by atoms with Crippen molar-refractivity contribution >= 4 is 17.3 Å². The van der Waals surface area contributed by atoms with Gasteiger partial charge in [0.1, 0.15) is 0 Å². The third-order valence-corrected chi connectivity index (χ3v) is 2.86. The van der Waals surface area contributed by atoms with Crippen molar-refractivity contribution in [1.82, 2.24) is 5.32 Å². The van der Waals surface area contributed by atoms with Crippen LogP contribution in [0, 0.1) is 0 Å².